The zero-order valence-electron chi connectivity index (χ0n) is 20.1. The second-order valence-corrected chi connectivity index (χ2v) is 8.39. The molecule has 0 unspecified atom stereocenters. The Morgan fingerprint density at radius 1 is 1.03 bits per heavy atom. The van der Waals surface area contributed by atoms with Crippen molar-refractivity contribution in [3.63, 3.8) is 0 Å². The van der Waals surface area contributed by atoms with Crippen LogP contribution in [0.25, 0.3) is 22.2 Å². The van der Waals surface area contributed by atoms with Crippen molar-refractivity contribution in [1.29, 1.82) is 0 Å². The number of nitrogens with zero attached hydrogens (tertiary/aromatic N) is 4. The maximum Gasteiger partial charge on any atom is 0.338 e. The number of hydrogen-bond acceptors (Lipinski definition) is 8. The van der Waals surface area contributed by atoms with Gasteiger partial charge in [-0.1, -0.05) is 12.1 Å². The molecule has 0 aliphatic carbocycles. The topological polar surface area (TPSA) is 77.0 Å². The van der Waals surface area contributed by atoms with Gasteiger partial charge in [0.15, 0.2) is 11.5 Å². The van der Waals surface area contributed by atoms with Gasteiger partial charge in [0.1, 0.15) is 6.33 Å². The average molecular weight is 465 g/mol. The van der Waals surface area contributed by atoms with Gasteiger partial charge in [0.05, 0.1) is 37.1 Å². The zero-order valence-corrected chi connectivity index (χ0v) is 20.1. The Balaban J connectivity index is 1.48. The summed E-state index contributed by atoms with van der Waals surface area (Å²) in [5.74, 6) is 0.986. The molecule has 2 aromatic carbocycles. The maximum absolute atomic E-state index is 12.0. The fraction of sp³-hybridized carbons (Fsp3) is 0.423. The Labute approximate surface area is 200 Å². The highest BCUT2D eigenvalue weighted by atomic mass is 16.5. The summed E-state index contributed by atoms with van der Waals surface area (Å²) < 4.78 is 16.8. The highest BCUT2D eigenvalue weighted by Crippen LogP contribution is 2.35. The second-order valence-electron chi connectivity index (χ2n) is 8.39. The second kappa shape index (κ2) is 11.3. The van der Waals surface area contributed by atoms with Gasteiger partial charge >= 0.3 is 5.97 Å². The highest BCUT2D eigenvalue weighted by molar-refractivity contribution is 5.95. The lowest BCUT2D eigenvalue weighted by atomic mass is 10.0. The van der Waals surface area contributed by atoms with Crippen LogP contribution >= 0.6 is 0 Å². The van der Waals surface area contributed by atoms with Crippen LogP contribution in [0.4, 0.5) is 0 Å². The molecule has 1 aliphatic heterocycles. The summed E-state index contributed by atoms with van der Waals surface area (Å²) in [6.07, 6.45) is 2.49. The zero-order chi connectivity index (χ0) is 23.9. The van der Waals surface area contributed by atoms with E-state index in [4.69, 9.17) is 14.2 Å². The minimum Gasteiger partial charge on any atom is -0.493 e. The van der Waals surface area contributed by atoms with Crippen LogP contribution in [0.15, 0.2) is 42.7 Å². The van der Waals surface area contributed by atoms with E-state index in [9.17, 15) is 4.79 Å². The number of methoxy groups -OCH3 is 1. The molecule has 0 radical (unpaired) electrons. The summed E-state index contributed by atoms with van der Waals surface area (Å²) in [5, 5.41) is 0.855. The van der Waals surface area contributed by atoms with Gasteiger partial charge in [-0.05, 0) is 38.6 Å². The maximum atomic E-state index is 12.0. The summed E-state index contributed by atoms with van der Waals surface area (Å²) in [4.78, 5) is 25.7. The first kappa shape index (κ1) is 23.9. The molecular formula is C26H32N4O4. The van der Waals surface area contributed by atoms with E-state index >= 15 is 0 Å². The van der Waals surface area contributed by atoms with Crippen molar-refractivity contribution in [1.82, 2.24) is 19.8 Å². The van der Waals surface area contributed by atoms with Gasteiger partial charge in [0, 0.05) is 49.7 Å². The number of piperazine rings is 1. The number of ether oxygens (including phenoxy) is 3. The standard InChI is InChI=1S/C26H32N4O4/c1-4-33-26(31)20-8-6-19(7-9-20)25-21-16-23(32-3)24(17-22(21)27-18-28-25)34-15-5-10-30-13-11-29(2)12-14-30/h6-9,16-18H,4-5,10-15H2,1-3H3. The normalized spacial score (nSPS) is 14.8. The number of likely N-dealkylation sites (N-methyl/N-ethyl adjacent to an activating group) is 1. The molecule has 180 valence electrons. The molecule has 1 saturated heterocycles. The van der Waals surface area contributed by atoms with E-state index < -0.39 is 0 Å². The number of fused-ring (bicyclic) bond motifs is 1. The number of carbonyl (C=O) groups is 1. The molecule has 0 bridgehead atoms. The third kappa shape index (κ3) is 5.63. The van der Waals surface area contributed by atoms with Crippen LogP contribution in [0.2, 0.25) is 0 Å². The molecule has 0 N–H and O–H groups in total. The number of rotatable bonds is 9. The van der Waals surface area contributed by atoms with Crippen molar-refractivity contribution in [2.75, 3.05) is 60.1 Å². The van der Waals surface area contributed by atoms with Crippen LogP contribution in [0, 0.1) is 0 Å². The molecule has 34 heavy (non-hydrogen) atoms. The molecule has 3 aromatic rings. The van der Waals surface area contributed by atoms with Gasteiger partial charge in [-0.25, -0.2) is 14.8 Å². The Bertz CT molecular complexity index is 1110. The predicted molar refractivity (Wildman–Crippen MR) is 132 cm³/mol. The van der Waals surface area contributed by atoms with Gasteiger partial charge in [0.2, 0.25) is 0 Å². The lowest BCUT2D eigenvalue weighted by molar-refractivity contribution is 0.0526. The SMILES string of the molecule is CCOC(=O)c1ccc(-c2ncnc3cc(OCCCN4CCN(C)CC4)c(OC)cc23)cc1. The molecule has 1 aliphatic rings. The van der Waals surface area contributed by atoms with Gasteiger partial charge in [-0.15, -0.1) is 0 Å². The van der Waals surface area contributed by atoms with Crippen molar-refractivity contribution in [2.45, 2.75) is 13.3 Å². The first-order chi connectivity index (χ1) is 16.6. The molecule has 0 spiro atoms. The molecule has 0 saturated carbocycles. The van der Waals surface area contributed by atoms with Gasteiger partial charge in [-0.3, -0.25) is 0 Å². The number of aromatic nitrogens is 2. The summed E-state index contributed by atoms with van der Waals surface area (Å²) in [7, 11) is 3.80. The number of benzene rings is 2. The minimum absolute atomic E-state index is 0.335. The van der Waals surface area contributed by atoms with Crippen molar-refractivity contribution in [2.24, 2.45) is 0 Å². The third-order valence-electron chi connectivity index (χ3n) is 6.06. The molecule has 2 heterocycles. The summed E-state index contributed by atoms with van der Waals surface area (Å²) in [6.45, 7) is 8.22. The van der Waals surface area contributed by atoms with E-state index in [2.05, 4.69) is 26.8 Å². The van der Waals surface area contributed by atoms with Crippen LogP contribution < -0.4 is 9.47 Å². The van der Waals surface area contributed by atoms with Crippen molar-refractivity contribution >= 4 is 16.9 Å². The quantitative estimate of drug-likeness (QED) is 0.352. The highest BCUT2D eigenvalue weighted by Gasteiger charge is 2.15. The van der Waals surface area contributed by atoms with Crippen LogP contribution in [0.1, 0.15) is 23.7 Å². The molecule has 0 amide bonds. The molecule has 1 aromatic heterocycles. The van der Waals surface area contributed by atoms with Crippen LogP contribution in [-0.2, 0) is 4.74 Å². The Morgan fingerprint density at radius 3 is 2.50 bits per heavy atom. The lowest BCUT2D eigenvalue weighted by Crippen LogP contribution is -2.44. The summed E-state index contributed by atoms with van der Waals surface area (Å²) in [5.41, 5.74) is 2.92. The monoisotopic (exact) mass is 464 g/mol. The fourth-order valence-electron chi connectivity index (χ4n) is 4.09. The Hall–Kier alpha value is -3.23. The summed E-state index contributed by atoms with van der Waals surface area (Å²) in [6, 6.07) is 11.0. The van der Waals surface area contributed by atoms with Crippen molar-refractivity contribution in [3.8, 4) is 22.8 Å². The fourth-order valence-corrected chi connectivity index (χ4v) is 4.09. The van der Waals surface area contributed by atoms with E-state index in [0.29, 0.717) is 30.3 Å². The first-order valence-electron chi connectivity index (χ1n) is 11.7. The number of esters is 1. The van der Waals surface area contributed by atoms with Crippen molar-refractivity contribution < 1.29 is 19.0 Å². The molecule has 1 fully saturated rings. The van der Waals surface area contributed by atoms with Crippen LogP contribution in [0.5, 0.6) is 11.5 Å². The first-order valence-corrected chi connectivity index (χ1v) is 11.7. The number of carbonyl (C=O) groups excluding carboxylic acids is 1. The number of hydrogen-bond donors (Lipinski definition) is 0. The van der Waals surface area contributed by atoms with E-state index in [0.717, 1.165) is 61.3 Å². The third-order valence-corrected chi connectivity index (χ3v) is 6.06. The molecule has 0 atom stereocenters. The van der Waals surface area contributed by atoms with E-state index in [1.54, 1.807) is 32.5 Å². The minimum atomic E-state index is -0.335. The van der Waals surface area contributed by atoms with E-state index in [1.165, 1.54) is 0 Å². The smallest absolute Gasteiger partial charge is 0.338 e. The molecule has 8 heteroatoms. The van der Waals surface area contributed by atoms with Crippen LogP contribution in [0.3, 0.4) is 0 Å². The largest absolute Gasteiger partial charge is 0.493 e. The van der Waals surface area contributed by atoms with E-state index in [-0.39, 0.29) is 5.97 Å². The summed E-state index contributed by atoms with van der Waals surface area (Å²) >= 11 is 0. The van der Waals surface area contributed by atoms with E-state index in [1.807, 2.05) is 24.3 Å². The average Bonchev–Trinajstić information content (AvgIpc) is 2.87. The van der Waals surface area contributed by atoms with Crippen molar-refractivity contribution in [3.05, 3.63) is 48.3 Å². The van der Waals surface area contributed by atoms with Gasteiger partial charge in [-0.2, -0.15) is 0 Å². The molecular weight excluding hydrogens is 432 g/mol. The van der Waals surface area contributed by atoms with Gasteiger partial charge < -0.3 is 24.0 Å². The lowest BCUT2D eigenvalue weighted by Gasteiger charge is -2.32. The molecule has 8 nitrogen and oxygen atoms in total. The van der Waals surface area contributed by atoms with Crippen LogP contribution in [-0.4, -0.2) is 85.8 Å². The van der Waals surface area contributed by atoms with Gasteiger partial charge in [0.25, 0.3) is 0 Å². The Morgan fingerprint density at radius 2 is 1.79 bits per heavy atom. The Kier molecular flexibility index (Phi) is 7.92. The predicted octanol–water partition coefficient (Wildman–Crippen LogP) is 3.50. The molecule has 4 rings (SSSR count).